The van der Waals surface area contributed by atoms with Crippen molar-refractivity contribution in [1.82, 2.24) is 14.8 Å². The molecular weight excluding hydrogens is 300 g/mol. The number of hydrogen-bond donors (Lipinski definition) is 1. The van der Waals surface area contributed by atoms with Crippen LogP contribution in [0.2, 0.25) is 0 Å². The number of carbonyl (C=O) groups is 1. The summed E-state index contributed by atoms with van der Waals surface area (Å²) in [6.07, 6.45) is 5.04. The largest absolute Gasteiger partial charge is 0.322 e. The molecule has 24 heavy (non-hydrogen) atoms. The van der Waals surface area contributed by atoms with Crippen molar-refractivity contribution < 1.29 is 4.79 Å². The minimum absolute atomic E-state index is 0.0921. The molecule has 1 aromatic carbocycles. The third kappa shape index (κ3) is 3.51. The van der Waals surface area contributed by atoms with Gasteiger partial charge in [-0.05, 0) is 41.3 Å². The van der Waals surface area contributed by atoms with Crippen LogP contribution >= 0.6 is 0 Å². The van der Waals surface area contributed by atoms with E-state index in [1.54, 1.807) is 35.4 Å². The zero-order valence-corrected chi connectivity index (χ0v) is 14.0. The number of hydrogen-bond acceptors (Lipinski definition) is 3. The Morgan fingerprint density at radius 2 is 1.83 bits per heavy atom. The minimum Gasteiger partial charge on any atom is -0.322 e. The molecule has 0 fully saturated rings. The molecule has 3 rings (SSSR count). The van der Waals surface area contributed by atoms with Crippen LogP contribution in [-0.4, -0.2) is 20.7 Å². The predicted octanol–water partition coefficient (Wildman–Crippen LogP) is 3.82. The monoisotopic (exact) mass is 320 g/mol. The van der Waals surface area contributed by atoms with E-state index in [0.29, 0.717) is 11.4 Å². The van der Waals surface area contributed by atoms with Crippen LogP contribution in [0.15, 0.2) is 61.1 Å². The molecule has 5 heteroatoms. The highest BCUT2D eigenvalue weighted by Crippen LogP contribution is 2.23. The number of aromatic nitrogens is 3. The van der Waals surface area contributed by atoms with Gasteiger partial charge in [0.25, 0.3) is 5.91 Å². The first-order chi connectivity index (χ1) is 11.4. The van der Waals surface area contributed by atoms with Gasteiger partial charge in [-0.3, -0.25) is 4.79 Å². The highest BCUT2D eigenvalue weighted by molar-refractivity contribution is 6.04. The number of carbonyl (C=O) groups excluding carboxylic acids is 1. The summed E-state index contributed by atoms with van der Waals surface area (Å²) >= 11 is 0. The Kier molecular flexibility index (Phi) is 4.16. The fourth-order valence-electron chi connectivity index (χ4n) is 2.32. The van der Waals surface area contributed by atoms with Gasteiger partial charge >= 0.3 is 0 Å². The van der Waals surface area contributed by atoms with Gasteiger partial charge in [0.1, 0.15) is 0 Å². The zero-order valence-electron chi connectivity index (χ0n) is 14.0. The number of benzene rings is 1. The molecule has 0 saturated heterocycles. The lowest BCUT2D eigenvalue weighted by atomic mass is 9.87. The van der Waals surface area contributed by atoms with E-state index in [9.17, 15) is 4.79 Å². The molecular formula is C19H20N4O. The second kappa shape index (κ2) is 6.28. The Morgan fingerprint density at radius 3 is 2.38 bits per heavy atom. The van der Waals surface area contributed by atoms with Gasteiger partial charge in [0, 0.05) is 24.3 Å². The van der Waals surface area contributed by atoms with Crippen molar-refractivity contribution in [2.45, 2.75) is 26.2 Å². The van der Waals surface area contributed by atoms with Gasteiger partial charge in [-0.1, -0.05) is 32.9 Å². The molecule has 0 spiro atoms. The minimum atomic E-state index is -0.182. The lowest BCUT2D eigenvalue weighted by Crippen LogP contribution is -2.14. The highest BCUT2D eigenvalue weighted by Gasteiger charge is 2.13. The molecule has 0 unspecified atom stereocenters. The van der Waals surface area contributed by atoms with Gasteiger partial charge in [0.15, 0.2) is 5.82 Å². The third-order valence-electron chi connectivity index (χ3n) is 3.76. The van der Waals surface area contributed by atoms with Crippen LogP contribution in [0.5, 0.6) is 0 Å². The lowest BCUT2D eigenvalue weighted by molar-refractivity contribution is 0.102. The maximum Gasteiger partial charge on any atom is 0.257 e. The Balaban J connectivity index is 1.71. The predicted molar refractivity (Wildman–Crippen MR) is 94.5 cm³/mol. The Bertz CT molecular complexity index is 813. The van der Waals surface area contributed by atoms with Gasteiger partial charge < -0.3 is 5.32 Å². The standard InChI is InChI=1S/C19H20N4O/c1-19(2,3)15-6-8-16(9-7-15)22-18(24)14-5-10-17(20-13-14)23-12-4-11-21-23/h4-13H,1-3H3,(H,22,24). The van der Waals surface area contributed by atoms with Crippen molar-refractivity contribution in [3.8, 4) is 5.82 Å². The van der Waals surface area contributed by atoms with Crippen LogP contribution in [0.4, 0.5) is 5.69 Å². The van der Waals surface area contributed by atoms with Crippen LogP contribution in [-0.2, 0) is 5.41 Å². The number of nitrogens with zero attached hydrogens (tertiary/aromatic N) is 3. The maximum absolute atomic E-state index is 12.3. The van der Waals surface area contributed by atoms with E-state index in [1.165, 1.54) is 5.56 Å². The molecule has 2 aromatic heterocycles. The molecule has 0 radical (unpaired) electrons. The average molecular weight is 320 g/mol. The van der Waals surface area contributed by atoms with Crippen LogP contribution in [0, 0.1) is 0 Å². The first-order valence-corrected chi connectivity index (χ1v) is 7.81. The average Bonchev–Trinajstić information content (AvgIpc) is 3.09. The topological polar surface area (TPSA) is 59.8 Å². The number of rotatable bonds is 3. The Labute approximate surface area is 141 Å². The smallest absolute Gasteiger partial charge is 0.257 e. The van der Waals surface area contributed by atoms with Crippen LogP contribution in [0.1, 0.15) is 36.7 Å². The molecule has 1 N–H and O–H groups in total. The van der Waals surface area contributed by atoms with E-state index < -0.39 is 0 Å². The Hall–Kier alpha value is -2.95. The molecule has 0 aliphatic heterocycles. The normalized spacial score (nSPS) is 11.3. The van der Waals surface area contributed by atoms with Crippen molar-refractivity contribution in [3.63, 3.8) is 0 Å². The summed E-state index contributed by atoms with van der Waals surface area (Å²) in [6.45, 7) is 6.48. The van der Waals surface area contributed by atoms with E-state index in [4.69, 9.17) is 0 Å². The molecule has 3 aromatic rings. The van der Waals surface area contributed by atoms with E-state index in [0.717, 1.165) is 5.69 Å². The van der Waals surface area contributed by atoms with Crippen LogP contribution in [0.3, 0.4) is 0 Å². The highest BCUT2D eigenvalue weighted by atomic mass is 16.1. The van der Waals surface area contributed by atoms with E-state index in [1.807, 2.05) is 30.3 Å². The lowest BCUT2D eigenvalue weighted by Gasteiger charge is -2.19. The fraction of sp³-hybridized carbons (Fsp3) is 0.211. The second-order valence-corrected chi connectivity index (χ2v) is 6.64. The number of amides is 1. The van der Waals surface area contributed by atoms with Crippen molar-refractivity contribution in [3.05, 3.63) is 72.2 Å². The third-order valence-corrected chi connectivity index (χ3v) is 3.76. The van der Waals surface area contributed by atoms with Crippen molar-refractivity contribution in [1.29, 1.82) is 0 Å². The maximum atomic E-state index is 12.3. The summed E-state index contributed by atoms with van der Waals surface area (Å²) < 4.78 is 1.65. The summed E-state index contributed by atoms with van der Waals surface area (Å²) in [5, 5.41) is 7.00. The molecule has 2 heterocycles. The summed E-state index contributed by atoms with van der Waals surface area (Å²) in [7, 11) is 0. The van der Waals surface area contributed by atoms with Crippen molar-refractivity contribution in [2.24, 2.45) is 0 Å². The van der Waals surface area contributed by atoms with Crippen LogP contribution in [0.25, 0.3) is 5.82 Å². The van der Waals surface area contributed by atoms with Gasteiger partial charge in [-0.2, -0.15) is 5.10 Å². The van der Waals surface area contributed by atoms with Gasteiger partial charge in [-0.25, -0.2) is 9.67 Å². The SMILES string of the molecule is CC(C)(C)c1ccc(NC(=O)c2ccc(-n3cccn3)nc2)cc1. The molecule has 0 atom stereocenters. The molecule has 0 bridgehead atoms. The van der Waals surface area contributed by atoms with Gasteiger partial charge in [0.2, 0.25) is 0 Å². The summed E-state index contributed by atoms with van der Waals surface area (Å²) in [4.78, 5) is 16.6. The Morgan fingerprint density at radius 1 is 1.08 bits per heavy atom. The number of nitrogens with one attached hydrogen (secondary N) is 1. The second-order valence-electron chi connectivity index (χ2n) is 6.64. The van der Waals surface area contributed by atoms with Crippen molar-refractivity contribution in [2.75, 3.05) is 5.32 Å². The molecule has 0 aliphatic carbocycles. The number of pyridine rings is 1. The molecule has 0 aliphatic rings. The first kappa shape index (κ1) is 15.9. The fourth-order valence-corrected chi connectivity index (χ4v) is 2.32. The first-order valence-electron chi connectivity index (χ1n) is 7.81. The van der Waals surface area contributed by atoms with Crippen molar-refractivity contribution >= 4 is 11.6 Å². The van der Waals surface area contributed by atoms with E-state index in [-0.39, 0.29) is 11.3 Å². The molecule has 5 nitrogen and oxygen atoms in total. The van der Waals surface area contributed by atoms with E-state index in [2.05, 4.69) is 36.2 Å². The molecule has 122 valence electrons. The van der Waals surface area contributed by atoms with Gasteiger partial charge in [-0.15, -0.1) is 0 Å². The van der Waals surface area contributed by atoms with E-state index >= 15 is 0 Å². The number of anilines is 1. The van der Waals surface area contributed by atoms with Gasteiger partial charge in [0.05, 0.1) is 5.56 Å². The summed E-state index contributed by atoms with van der Waals surface area (Å²) in [5.74, 6) is 0.490. The zero-order chi connectivity index (χ0) is 17.2. The summed E-state index contributed by atoms with van der Waals surface area (Å²) in [5.41, 5.74) is 2.59. The summed E-state index contributed by atoms with van der Waals surface area (Å²) in [6, 6.07) is 13.2. The molecule has 0 saturated carbocycles. The van der Waals surface area contributed by atoms with Crippen LogP contribution < -0.4 is 5.32 Å². The quantitative estimate of drug-likeness (QED) is 0.798. The molecule has 1 amide bonds.